The van der Waals surface area contributed by atoms with Crippen LogP contribution in [0.4, 0.5) is 4.39 Å². The number of benzene rings is 1. The maximum atomic E-state index is 13.5. The molecule has 0 heterocycles. The van der Waals surface area contributed by atoms with Gasteiger partial charge in [-0.25, -0.2) is 17.5 Å². The van der Waals surface area contributed by atoms with Crippen molar-refractivity contribution < 1.29 is 12.8 Å². The molecule has 1 rings (SSSR count). The zero-order valence-corrected chi connectivity index (χ0v) is 12.6. The van der Waals surface area contributed by atoms with Crippen LogP contribution in [0.5, 0.6) is 0 Å². The predicted molar refractivity (Wildman–Crippen MR) is 75.2 cm³/mol. The number of hydrogen-bond acceptors (Lipinski definition) is 3. The third-order valence-electron chi connectivity index (χ3n) is 2.50. The first kappa shape index (κ1) is 16.4. The van der Waals surface area contributed by atoms with E-state index in [2.05, 4.69) is 4.72 Å². The van der Waals surface area contributed by atoms with E-state index in [0.29, 0.717) is 13.0 Å². The first-order valence-corrected chi connectivity index (χ1v) is 7.90. The van der Waals surface area contributed by atoms with Crippen LogP contribution >= 0.6 is 11.6 Å². The molecular formula is C12H18ClFN2O2S. The van der Waals surface area contributed by atoms with Crippen molar-refractivity contribution in [2.75, 3.05) is 27.2 Å². The topological polar surface area (TPSA) is 49.4 Å². The SMILES string of the molecule is CN(C)CCCNS(=O)(=O)Cc1c(F)cccc1Cl. The molecular weight excluding hydrogens is 291 g/mol. The molecule has 108 valence electrons. The van der Waals surface area contributed by atoms with Crippen LogP contribution in [0.15, 0.2) is 18.2 Å². The van der Waals surface area contributed by atoms with Crippen LogP contribution in [-0.4, -0.2) is 40.5 Å². The molecule has 1 N–H and O–H groups in total. The minimum Gasteiger partial charge on any atom is -0.309 e. The van der Waals surface area contributed by atoms with Gasteiger partial charge in [0.05, 0.1) is 5.75 Å². The summed E-state index contributed by atoms with van der Waals surface area (Å²) in [7, 11) is 0.250. The number of nitrogens with one attached hydrogen (secondary N) is 1. The van der Waals surface area contributed by atoms with E-state index in [9.17, 15) is 12.8 Å². The van der Waals surface area contributed by atoms with Crippen molar-refractivity contribution in [1.29, 1.82) is 0 Å². The Bertz CT molecular complexity index is 500. The average Bonchev–Trinajstić information content (AvgIpc) is 2.30. The van der Waals surface area contributed by atoms with Gasteiger partial charge in [-0.3, -0.25) is 0 Å². The van der Waals surface area contributed by atoms with Gasteiger partial charge in [0.15, 0.2) is 0 Å². The first-order chi connectivity index (χ1) is 8.82. The van der Waals surface area contributed by atoms with Gasteiger partial charge in [0.25, 0.3) is 0 Å². The van der Waals surface area contributed by atoms with Crippen molar-refractivity contribution in [3.63, 3.8) is 0 Å². The summed E-state index contributed by atoms with van der Waals surface area (Å²) in [6, 6.07) is 4.11. The summed E-state index contributed by atoms with van der Waals surface area (Å²) in [4.78, 5) is 1.96. The quantitative estimate of drug-likeness (QED) is 0.782. The number of nitrogens with zero attached hydrogens (tertiary/aromatic N) is 1. The van der Waals surface area contributed by atoms with Gasteiger partial charge in [-0.1, -0.05) is 17.7 Å². The van der Waals surface area contributed by atoms with E-state index in [0.717, 1.165) is 6.54 Å². The van der Waals surface area contributed by atoms with Crippen LogP contribution in [0.3, 0.4) is 0 Å². The second kappa shape index (κ2) is 7.19. The summed E-state index contributed by atoms with van der Waals surface area (Å²) < 4.78 is 39.5. The van der Waals surface area contributed by atoms with Crippen molar-refractivity contribution in [3.8, 4) is 0 Å². The second-order valence-corrected chi connectivity index (χ2v) is 6.72. The smallest absolute Gasteiger partial charge is 0.215 e. The highest BCUT2D eigenvalue weighted by Gasteiger charge is 2.16. The Morgan fingerprint density at radius 3 is 2.63 bits per heavy atom. The molecule has 0 bridgehead atoms. The minimum atomic E-state index is -3.57. The van der Waals surface area contributed by atoms with Crippen LogP contribution < -0.4 is 4.72 Å². The number of rotatable bonds is 7. The van der Waals surface area contributed by atoms with Gasteiger partial charge in [-0.05, 0) is 39.2 Å². The maximum absolute atomic E-state index is 13.5. The molecule has 1 aromatic carbocycles. The molecule has 19 heavy (non-hydrogen) atoms. The van der Waals surface area contributed by atoms with Crippen molar-refractivity contribution >= 4 is 21.6 Å². The average molecular weight is 309 g/mol. The molecule has 0 aromatic heterocycles. The van der Waals surface area contributed by atoms with Crippen LogP contribution in [0.2, 0.25) is 5.02 Å². The van der Waals surface area contributed by atoms with Crippen molar-refractivity contribution in [1.82, 2.24) is 9.62 Å². The number of hydrogen-bond donors (Lipinski definition) is 1. The molecule has 1 aromatic rings. The molecule has 0 radical (unpaired) electrons. The van der Waals surface area contributed by atoms with Gasteiger partial charge >= 0.3 is 0 Å². The lowest BCUT2D eigenvalue weighted by Crippen LogP contribution is -2.28. The Balaban J connectivity index is 2.60. The number of halogens is 2. The molecule has 0 amide bonds. The van der Waals surface area contributed by atoms with Gasteiger partial charge in [-0.15, -0.1) is 0 Å². The summed E-state index contributed by atoms with van der Waals surface area (Å²) in [5.74, 6) is -1.05. The zero-order valence-electron chi connectivity index (χ0n) is 11.0. The van der Waals surface area contributed by atoms with Crippen LogP contribution in [-0.2, 0) is 15.8 Å². The van der Waals surface area contributed by atoms with Crippen molar-refractivity contribution in [3.05, 3.63) is 34.6 Å². The lowest BCUT2D eigenvalue weighted by atomic mass is 10.2. The van der Waals surface area contributed by atoms with Crippen molar-refractivity contribution in [2.45, 2.75) is 12.2 Å². The highest BCUT2D eigenvalue weighted by Crippen LogP contribution is 2.20. The lowest BCUT2D eigenvalue weighted by molar-refractivity contribution is 0.400. The van der Waals surface area contributed by atoms with Gasteiger partial charge in [0.1, 0.15) is 5.82 Å². The van der Waals surface area contributed by atoms with E-state index in [1.54, 1.807) is 0 Å². The molecule has 0 unspecified atom stereocenters. The summed E-state index contributed by atoms with van der Waals surface area (Å²) in [5, 5.41) is 0.124. The monoisotopic (exact) mass is 308 g/mol. The first-order valence-electron chi connectivity index (χ1n) is 5.87. The standard InChI is InChI=1S/C12H18ClFN2O2S/c1-16(2)8-4-7-15-19(17,18)9-10-11(13)5-3-6-12(10)14/h3,5-6,15H,4,7-9H2,1-2H3. The molecule has 7 heteroatoms. The fourth-order valence-electron chi connectivity index (χ4n) is 1.53. The Morgan fingerprint density at radius 1 is 1.37 bits per heavy atom. The zero-order chi connectivity index (χ0) is 14.5. The van der Waals surface area contributed by atoms with Crippen molar-refractivity contribution in [2.24, 2.45) is 0 Å². The van der Waals surface area contributed by atoms with E-state index in [-0.39, 0.29) is 10.6 Å². The fraction of sp³-hybridized carbons (Fsp3) is 0.500. The molecule has 0 aliphatic heterocycles. The molecule has 0 aliphatic rings. The van der Waals surface area contributed by atoms with E-state index in [1.807, 2.05) is 19.0 Å². The van der Waals surface area contributed by atoms with Gasteiger partial charge in [0.2, 0.25) is 10.0 Å². The van der Waals surface area contributed by atoms with Crippen LogP contribution in [0.25, 0.3) is 0 Å². The summed E-state index contributed by atoms with van der Waals surface area (Å²) in [5.41, 5.74) is 0.00396. The van der Waals surface area contributed by atoms with E-state index in [4.69, 9.17) is 11.6 Å². The molecule has 0 atom stereocenters. The van der Waals surface area contributed by atoms with E-state index < -0.39 is 21.6 Å². The van der Waals surface area contributed by atoms with Gasteiger partial charge in [0, 0.05) is 17.1 Å². The Morgan fingerprint density at radius 2 is 2.05 bits per heavy atom. The molecule has 0 saturated carbocycles. The summed E-state index contributed by atoms with van der Waals surface area (Å²) in [6.45, 7) is 1.11. The van der Waals surface area contributed by atoms with E-state index >= 15 is 0 Å². The largest absolute Gasteiger partial charge is 0.309 e. The van der Waals surface area contributed by atoms with Crippen LogP contribution in [0, 0.1) is 5.82 Å². The Hall–Kier alpha value is -0.690. The third kappa shape index (κ3) is 5.86. The Kier molecular flexibility index (Phi) is 6.19. The fourth-order valence-corrected chi connectivity index (χ4v) is 3.07. The highest BCUT2D eigenvalue weighted by atomic mass is 35.5. The summed E-state index contributed by atoms with van der Waals surface area (Å²) >= 11 is 5.80. The van der Waals surface area contributed by atoms with E-state index in [1.165, 1.54) is 18.2 Å². The molecule has 0 aliphatic carbocycles. The molecule has 4 nitrogen and oxygen atoms in total. The normalized spacial score (nSPS) is 12.1. The van der Waals surface area contributed by atoms with Gasteiger partial charge < -0.3 is 4.90 Å². The van der Waals surface area contributed by atoms with Crippen LogP contribution in [0.1, 0.15) is 12.0 Å². The lowest BCUT2D eigenvalue weighted by Gasteiger charge is -2.11. The molecule has 0 spiro atoms. The summed E-state index contributed by atoms with van der Waals surface area (Å²) in [6.07, 6.45) is 0.692. The minimum absolute atomic E-state index is 0.00396. The maximum Gasteiger partial charge on any atom is 0.215 e. The molecule has 0 fully saturated rings. The third-order valence-corrected chi connectivity index (χ3v) is 4.17. The second-order valence-electron chi connectivity index (χ2n) is 4.51. The Labute approximate surface area is 118 Å². The highest BCUT2D eigenvalue weighted by molar-refractivity contribution is 7.88. The predicted octanol–water partition coefficient (Wildman–Crippen LogP) is 1.85. The molecule has 0 saturated heterocycles. The number of sulfonamides is 1. The van der Waals surface area contributed by atoms with Gasteiger partial charge in [-0.2, -0.15) is 0 Å².